The third-order valence-corrected chi connectivity index (χ3v) is 3.46. The van der Waals surface area contributed by atoms with Crippen molar-refractivity contribution in [3.63, 3.8) is 0 Å². The predicted molar refractivity (Wildman–Crippen MR) is 74.5 cm³/mol. The number of hydrogen-bond donors (Lipinski definition) is 0. The van der Waals surface area contributed by atoms with E-state index >= 15 is 0 Å². The van der Waals surface area contributed by atoms with Crippen molar-refractivity contribution < 1.29 is 4.39 Å². The Morgan fingerprint density at radius 2 is 1.78 bits per heavy atom. The molecule has 0 radical (unpaired) electrons. The molecule has 0 saturated carbocycles. The second-order valence-corrected chi connectivity index (χ2v) is 5.25. The fraction of sp³-hybridized carbons (Fsp3) is 0.167. The van der Waals surface area contributed by atoms with Crippen molar-refractivity contribution in [1.29, 1.82) is 0 Å². The van der Waals surface area contributed by atoms with E-state index in [-0.39, 0.29) is 5.82 Å². The van der Waals surface area contributed by atoms with Crippen LogP contribution in [0, 0.1) is 5.82 Å². The van der Waals surface area contributed by atoms with E-state index in [1.54, 1.807) is 6.07 Å². The van der Waals surface area contributed by atoms with Crippen LogP contribution in [0.15, 0.2) is 22.7 Å². The molecule has 0 aliphatic rings. The third-order valence-electron chi connectivity index (χ3n) is 2.38. The van der Waals surface area contributed by atoms with Crippen molar-refractivity contribution in [2.45, 2.75) is 13.3 Å². The standard InChI is InChI=1S/C12H8BrCl2FN2/c1-2-9-10(14)17-12(18-11(9)15)6-3-7(13)5-8(16)4-6/h3-5H,2H2,1H3. The van der Waals surface area contributed by atoms with E-state index in [1.165, 1.54) is 12.1 Å². The maximum atomic E-state index is 13.3. The van der Waals surface area contributed by atoms with Gasteiger partial charge in [0.1, 0.15) is 16.1 Å². The molecule has 1 aromatic carbocycles. The molecular weight excluding hydrogens is 342 g/mol. The summed E-state index contributed by atoms with van der Waals surface area (Å²) in [5.74, 6) is -0.0720. The highest BCUT2D eigenvalue weighted by Gasteiger charge is 2.12. The maximum Gasteiger partial charge on any atom is 0.162 e. The molecule has 1 heterocycles. The fourth-order valence-electron chi connectivity index (χ4n) is 1.53. The molecule has 94 valence electrons. The van der Waals surface area contributed by atoms with Crippen LogP contribution in [0.25, 0.3) is 11.4 Å². The van der Waals surface area contributed by atoms with Crippen LogP contribution >= 0.6 is 39.1 Å². The number of nitrogens with zero attached hydrogens (tertiary/aromatic N) is 2. The minimum Gasteiger partial charge on any atom is -0.216 e. The molecule has 6 heteroatoms. The van der Waals surface area contributed by atoms with Gasteiger partial charge in [-0.15, -0.1) is 0 Å². The van der Waals surface area contributed by atoms with Gasteiger partial charge in [-0.25, -0.2) is 14.4 Å². The lowest BCUT2D eigenvalue weighted by Crippen LogP contribution is -1.97. The Balaban J connectivity index is 2.58. The molecule has 0 bridgehead atoms. The lowest BCUT2D eigenvalue weighted by molar-refractivity contribution is 0.627. The normalized spacial score (nSPS) is 10.7. The molecule has 0 saturated heterocycles. The average molecular weight is 350 g/mol. The number of hydrogen-bond acceptors (Lipinski definition) is 2. The Labute approximate surface area is 122 Å². The van der Waals surface area contributed by atoms with Gasteiger partial charge < -0.3 is 0 Å². The van der Waals surface area contributed by atoms with Crippen LogP contribution < -0.4 is 0 Å². The van der Waals surface area contributed by atoms with Crippen molar-refractivity contribution in [1.82, 2.24) is 9.97 Å². The molecule has 0 aliphatic heterocycles. The number of benzene rings is 1. The lowest BCUT2D eigenvalue weighted by atomic mass is 10.2. The molecule has 0 aliphatic carbocycles. The van der Waals surface area contributed by atoms with Gasteiger partial charge in [-0.3, -0.25) is 0 Å². The average Bonchev–Trinajstić information content (AvgIpc) is 2.27. The molecule has 0 fully saturated rings. The second-order valence-electron chi connectivity index (χ2n) is 3.62. The van der Waals surface area contributed by atoms with E-state index in [2.05, 4.69) is 25.9 Å². The molecule has 0 N–H and O–H groups in total. The molecule has 2 nitrogen and oxygen atoms in total. The zero-order chi connectivity index (χ0) is 13.3. The number of aromatic nitrogens is 2. The summed E-state index contributed by atoms with van der Waals surface area (Å²) in [4.78, 5) is 8.28. The first-order valence-corrected chi connectivity index (χ1v) is 6.74. The lowest BCUT2D eigenvalue weighted by Gasteiger charge is -2.07. The Morgan fingerprint density at radius 3 is 2.28 bits per heavy atom. The van der Waals surface area contributed by atoms with Gasteiger partial charge >= 0.3 is 0 Å². The van der Waals surface area contributed by atoms with E-state index in [1.807, 2.05) is 6.92 Å². The SMILES string of the molecule is CCc1c(Cl)nc(-c2cc(F)cc(Br)c2)nc1Cl. The Bertz CT molecular complexity index is 561. The van der Waals surface area contributed by atoms with E-state index in [0.717, 1.165) is 0 Å². The highest BCUT2D eigenvalue weighted by Crippen LogP contribution is 2.27. The zero-order valence-corrected chi connectivity index (χ0v) is 12.4. The first-order valence-electron chi connectivity index (χ1n) is 5.19. The van der Waals surface area contributed by atoms with Gasteiger partial charge in [-0.2, -0.15) is 0 Å². The van der Waals surface area contributed by atoms with Crippen LogP contribution in [0.5, 0.6) is 0 Å². The summed E-state index contributed by atoms with van der Waals surface area (Å²) in [6.45, 7) is 1.91. The topological polar surface area (TPSA) is 25.8 Å². The smallest absolute Gasteiger partial charge is 0.162 e. The predicted octanol–water partition coefficient (Wildman–Crippen LogP) is 4.91. The summed E-state index contributed by atoms with van der Waals surface area (Å²) in [6, 6.07) is 4.39. The zero-order valence-electron chi connectivity index (χ0n) is 9.35. The maximum absolute atomic E-state index is 13.3. The third kappa shape index (κ3) is 2.82. The highest BCUT2D eigenvalue weighted by molar-refractivity contribution is 9.10. The highest BCUT2D eigenvalue weighted by atomic mass is 79.9. The largest absolute Gasteiger partial charge is 0.216 e. The minimum absolute atomic E-state index is 0.299. The van der Waals surface area contributed by atoms with Crippen molar-refractivity contribution in [2.75, 3.05) is 0 Å². The summed E-state index contributed by atoms with van der Waals surface area (Å²) >= 11 is 15.3. The van der Waals surface area contributed by atoms with Crippen LogP contribution in [-0.2, 0) is 6.42 Å². The van der Waals surface area contributed by atoms with Gasteiger partial charge in [0, 0.05) is 15.6 Å². The Hall–Kier alpha value is -0.710. The minimum atomic E-state index is -0.380. The van der Waals surface area contributed by atoms with Gasteiger partial charge in [-0.05, 0) is 24.6 Å². The first kappa shape index (κ1) is 13.7. The summed E-state index contributed by atoms with van der Waals surface area (Å²) in [5.41, 5.74) is 1.21. The van der Waals surface area contributed by atoms with Crippen molar-refractivity contribution in [3.8, 4) is 11.4 Å². The molecule has 0 spiro atoms. The fourth-order valence-corrected chi connectivity index (χ4v) is 2.65. The van der Waals surface area contributed by atoms with Gasteiger partial charge in [-0.1, -0.05) is 46.1 Å². The first-order chi connectivity index (χ1) is 8.51. The van der Waals surface area contributed by atoms with Crippen molar-refractivity contribution in [2.24, 2.45) is 0 Å². The molecular formula is C12H8BrCl2FN2. The van der Waals surface area contributed by atoms with E-state index in [9.17, 15) is 4.39 Å². The van der Waals surface area contributed by atoms with Crippen LogP contribution in [0.4, 0.5) is 4.39 Å². The number of rotatable bonds is 2. The molecule has 2 rings (SSSR count). The van der Waals surface area contributed by atoms with Gasteiger partial charge in [0.05, 0.1) is 0 Å². The summed E-state index contributed by atoms with van der Waals surface area (Å²) < 4.78 is 13.9. The van der Waals surface area contributed by atoms with Crippen LogP contribution in [0.2, 0.25) is 10.3 Å². The summed E-state index contributed by atoms with van der Waals surface area (Å²) in [6.07, 6.45) is 0.644. The van der Waals surface area contributed by atoms with Crippen LogP contribution in [0.3, 0.4) is 0 Å². The monoisotopic (exact) mass is 348 g/mol. The van der Waals surface area contributed by atoms with E-state index < -0.39 is 0 Å². The van der Waals surface area contributed by atoms with Gasteiger partial charge in [0.15, 0.2) is 5.82 Å². The molecule has 18 heavy (non-hydrogen) atoms. The van der Waals surface area contributed by atoms with E-state index in [0.29, 0.717) is 38.2 Å². The summed E-state index contributed by atoms with van der Waals surface area (Å²) in [7, 11) is 0. The molecule has 0 atom stereocenters. The van der Waals surface area contributed by atoms with Crippen LogP contribution in [-0.4, -0.2) is 9.97 Å². The Kier molecular flexibility index (Phi) is 4.20. The van der Waals surface area contributed by atoms with Crippen molar-refractivity contribution in [3.05, 3.63) is 44.4 Å². The molecule has 2 aromatic rings. The summed E-state index contributed by atoms with van der Waals surface area (Å²) in [5, 5.41) is 0.598. The Morgan fingerprint density at radius 1 is 1.17 bits per heavy atom. The van der Waals surface area contributed by atoms with Gasteiger partial charge in [0.25, 0.3) is 0 Å². The quantitative estimate of drug-likeness (QED) is 0.719. The van der Waals surface area contributed by atoms with Gasteiger partial charge in [0.2, 0.25) is 0 Å². The molecule has 1 aromatic heterocycles. The van der Waals surface area contributed by atoms with E-state index in [4.69, 9.17) is 23.2 Å². The molecule has 0 unspecified atom stereocenters. The van der Waals surface area contributed by atoms with Crippen molar-refractivity contribution >= 4 is 39.1 Å². The second kappa shape index (κ2) is 5.51. The molecule has 0 amide bonds. The van der Waals surface area contributed by atoms with Crippen LogP contribution in [0.1, 0.15) is 12.5 Å². The number of halogens is 4.